The zero-order valence-corrected chi connectivity index (χ0v) is 15.2. The molecule has 2 aliphatic heterocycles. The summed E-state index contributed by atoms with van der Waals surface area (Å²) in [6.07, 6.45) is 0.704. The molecule has 0 amide bonds. The van der Waals surface area contributed by atoms with Crippen LogP contribution in [0.5, 0.6) is 0 Å². The minimum atomic E-state index is -4.10. The number of nitrogens with zero attached hydrogens (tertiary/aromatic N) is 4. The van der Waals surface area contributed by atoms with Crippen molar-refractivity contribution in [3.05, 3.63) is 18.3 Å². The van der Waals surface area contributed by atoms with Crippen molar-refractivity contribution in [2.75, 3.05) is 6.61 Å². The summed E-state index contributed by atoms with van der Waals surface area (Å²) in [5.74, 6) is -0.849. The lowest BCUT2D eigenvalue weighted by molar-refractivity contribution is -0.198. The maximum absolute atomic E-state index is 11.1. The Balaban J connectivity index is 1.68. The molecule has 2 N–H and O–H groups in total. The van der Waals surface area contributed by atoms with Crippen molar-refractivity contribution in [2.45, 2.75) is 51.1 Å². The summed E-state index contributed by atoms with van der Waals surface area (Å²) in [4.78, 5) is 12.7. The summed E-state index contributed by atoms with van der Waals surface area (Å²) < 4.78 is 46.5. The van der Waals surface area contributed by atoms with E-state index in [2.05, 4.69) is 15.0 Å². The first-order chi connectivity index (χ1) is 12.1. The lowest BCUT2D eigenvalue weighted by atomic mass is 10.1. The third-order valence-corrected chi connectivity index (χ3v) is 4.80. The second-order valence-corrected chi connectivity index (χ2v) is 7.91. The van der Waals surface area contributed by atoms with Crippen LogP contribution in [0.15, 0.2) is 12.7 Å². The van der Waals surface area contributed by atoms with Crippen LogP contribution in [0.3, 0.4) is 0 Å². The Morgan fingerprint density at radius 2 is 2.00 bits per heavy atom. The van der Waals surface area contributed by atoms with E-state index >= 15 is 0 Å². The highest BCUT2D eigenvalue weighted by atomic mass is 32.2. The van der Waals surface area contributed by atoms with Gasteiger partial charge in [-0.2, -0.15) is 8.42 Å². The molecular weight excluding hydrogens is 366 g/mol. The number of fused-ring (bicyclic) bond motifs is 2. The SMILES string of the molecule is Cc1ncnc2c1ncn2[C@@H]1O[C@H](COS(N)(=O)=O)[C@H]2OC(C)(C)O[C@H]21. The van der Waals surface area contributed by atoms with Crippen LogP contribution in [0.2, 0.25) is 0 Å². The molecule has 0 unspecified atom stereocenters. The molecule has 2 aromatic heterocycles. The zero-order valence-electron chi connectivity index (χ0n) is 14.4. The summed E-state index contributed by atoms with van der Waals surface area (Å²) in [6.45, 7) is 5.11. The van der Waals surface area contributed by atoms with E-state index in [9.17, 15) is 8.42 Å². The van der Waals surface area contributed by atoms with Crippen LogP contribution in [0, 0.1) is 6.92 Å². The highest BCUT2D eigenvalue weighted by Gasteiger charge is 2.56. The van der Waals surface area contributed by atoms with Crippen molar-refractivity contribution >= 4 is 21.5 Å². The molecule has 0 aromatic carbocycles. The van der Waals surface area contributed by atoms with Gasteiger partial charge < -0.3 is 14.2 Å². The van der Waals surface area contributed by atoms with Gasteiger partial charge in [0.2, 0.25) is 0 Å². The van der Waals surface area contributed by atoms with E-state index in [0.29, 0.717) is 11.2 Å². The first-order valence-corrected chi connectivity index (χ1v) is 9.44. The largest absolute Gasteiger partial charge is 0.347 e. The molecule has 0 spiro atoms. The minimum absolute atomic E-state index is 0.281. The van der Waals surface area contributed by atoms with Gasteiger partial charge in [0.15, 0.2) is 17.7 Å². The van der Waals surface area contributed by atoms with E-state index in [4.69, 9.17) is 23.5 Å². The van der Waals surface area contributed by atoms with Gasteiger partial charge in [0.05, 0.1) is 18.6 Å². The normalized spacial score (nSPS) is 30.8. The molecule has 11 nitrogen and oxygen atoms in total. The van der Waals surface area contributed by atoms with Gasteiger partial charge in [0.1, 0.15) is 30.2 Å². The number of imidazole rings is 1. The topological polar surface area (TPSA) is 141 Å². The fourth-order valence-corrected chi connectivity index (χ4v) is 3.66. The maximum atomic E-state index is 11.1. The lowest BCUT2D eigenvalue weighted by Gasteiger charge is -2.24. The van der Waals surface area contributed by atoms with Crippen molar-refractivity contribution in [3.8, 4) is 0 Å². The van der Waals surface area contributed by atoms with Crippen LogP contribution >= 0.6 is 0 Å². The van der Waals surface area contributed by atoms with Crippen LogP contribution in [0.25, 0.3) is 11.2 Å². The van der Waals surface area contributed by atoms with Crippen LogP contribution in [0.1, 0.15) is 25.8 Å². The number of rotatable bonds is 4. The van der Waals surface area contributed by atoms with Crippen molar-refractivity contribution in [3.63, 3.8) is 0 Å². The summed E-state index contributed by atoms with van der Waals surface area (Å²) in [6, 6.07) is 0. The first kappa shape index (κ1) is 17.7. The van der Waals surface area contributed by atoms with E-state index in [-0.39, 0.29) is 6.61 Å². The molecule has 0 radical (unpaired) electrons. The minimum Gasteiger partial charge on any atom is -0.347 e. The Kier molecular flexibility index (Phi) is 4.02. The Labute approximate surface area is 149 Å². The third-order valence-electron chi connectivity index (χ3n) is 4.34. The third kappa shape index (κ3) is 3.08. The fraction of sp³-hybridized carbons (Fsp3) is 0.643. The van der Waals surface area contributed by atoms with Gasteiger partial charge in [-0.1, -0.05) is 0 Å². The van der Waals surface area contributed by atoms with Crippen LogP contribution in [-0.2, 0) is 28.7 Å². The molecule has 0 bridgehead atoms. The second-order valence-electron chi connectivity index (χ2n) is 6.69. The van der Waals surface area contributed by atoms with Crippen molar-refractivity contribution in [2.24, 2.45) is 5.14 Å². The average Bonchev–Trinajstić information content (AvgIpc) is 3.16. The fourth-order valence-electron chi connectivity index (χ4n) is 3.33. The molecule has 4 rings (SSSR count). The Morgan fingerprint density at radius 1 is 1.27 bits per heavy atom. The molecule has 2 saturated heterocycles. The molecular formula is C14H19N5O6S. The summed E-state index contributed by atoms with van der Waals surface area (Å²) in [5, 5.41) is 4.91. The van der Waals surface area contributed by atoms with Crippen molar-refractivity contribution in [1.29, 1.82) is 0 Å². The van der Waals surface area contributed by atoms with Crippen LogP contribution in [0.4, 0.5) is 0 Å². The summed E-state index contributed by atoms with van der Waals surface area (Å²) >= 11 is 0. The molecule has 2 aliphatic rings. The van der Waals surface area contributed by atoms with E-state index in [1.165, 1.54) is 6.33 Å². The lowest BCUT2D eigenvalue weighted by Crippen LogP contribution is -2.34. The van der Waals surface area contributed by atoms with E-state index in [1.54, 1.807) is 24.7 Å². The van der Waals surface area contributed by atoms with Gasteiger partial charge in [-0.25, -0.2) is 20.1 Å². The highest BCUT2D eigenvalue weighted by Crippen LogP contribution is 2.43. The van der Waals surface area contributed by atoms with Gasteiger partial charge in [-0.15, -0.1) is 0 Å². The first-order valence-electron chi connectivity index (χ1n) is 7.97. The molecule has 2 aromatic rings. The maximum Gasteiger partial charge on any atom is 0.333 e. The quantitative estimate of drug-likeness (QED) is 0.755. The number of aromatic nitrogens is 4. The van der Waals surface area contributed by atoms with E-state index in [1.807, 2.05) is 6.92 Å². The summed E-state index contributed by atoms with van der Waals surface area (Å²) in [5.41, 5.74) is 1.97. The number of hydrogen-bond donors (Lipinski definition) is 1. The van der Waals surface area contributed by atoms with Gasteiger partial charge in [-0.3, -0.25) is 8.75 Å². The molecule has 142 valence electrons. The number of ether oxygens (including phenoxy) is 3. The van der Waals surface area contributed by atoms with Gasteiger partial charge in [0, 0.05) is 0 Å². The molecule has 4 heterocycles. The van der Waals surface area contributed by atoms with Crippen LogP contribution < -0.4 is 5.14 Å². The Hall–Kier alpha value is -1.70. The van der Waals surface area contributed by atoms with Gasteiger partial charge in [-0.05, 0) is 20.8 Å². The molecule has 2 fully saturated rings. The average molecular weight is 385 g/mol. The predicted molar refractivity (Wildman–Crippen MR) is 86.9 cm³/mol. The molecule has 0 aliphatic carbocycles. The molecule has 0 saturated carbocycles. The smallest absolute Gasteiger partial charge is 0.333 e. The number of aryl methyl sites for hydroxylation is 1. The van der Waals surface area contributed by atoms with Crippen LogP contribution in [-0.4, -0.2) is 58.6 Å². The summed E-state index contributed by atoms with van der Waals surface area (Å²) in [7, 11) is -4.10. The van der Waals surface area contributed by atoms with Gasteiger partial charge >= 0.3 is 10.3 Å². The van der Waals surface area contributed by atoms with Crippen molar-refractivity contribution < 1.29 is 26.8 Å². The monoisotopic (exact) mass is 385 g/mol. The molecule has 26 heavy (non-hydrogen) atoms. The Bertz CT molecular complexity index is 944. The predicted octanol–water partition coefficient (Wildman–Crippen LogP) is -0.228. The zero-order chi connectivity index (χ0) is 18.7. The second kappa shape index (κ2) is 5.90. The van der Waals surface area contributed by atoms with Gasteiger partial charge in [0.25, 0.3) is 0 Å². The Morgan fingerprint density at radius 3 is 2.73 bits per heavy atom. The van der Waals surface area contributed by atoms with E-state index in [0.717, 1.165) is 5.69 Å². The molecule has 4 atom stereocenters. The standard InChI is InChI=1S/C14H19N5O6S/c1-7-9-12(17-5-16-7)19(6-18-9)13-11-10(24-14(2,3)25-11)8(23-13)4-22-26(15,20)21/h5-6,8,10-11,13H,4H2,1-3H3,(H2,15,20,21)/t8-,10-,11-,13-/m1/s1. The number of hydrogen-bond acceptors (Lipinski definition) is 9. The molecule has 12 heteroatoms. The highest BCUT2D eigenvalue weighted by molar-refractivity contribution is 7.84. The van der Waals surface area contributed by atoms with Crippen molar-refractivity contribution in [1.82, 2.24) is 19.5 Å². The van der Waals surface area contributed by atoms with E-state index < -0.39 is 40.6 Å². The number of nitrogens with two attached hydrogens (primary N) is 1.